The van der Waals surface area contributed by atoms with Gasteiger partial charge in [-0.1, -0.05) is 23.7 Å². The summed E-state index contributed by atoms with van der Waals surface area (Å²) in [7, 11) is 0. The molecule has 0 aliphatic rings. The van der Waals surface area contributed by atoms with Gasteiger partial charge in [0.15, 0.2) is 0 Å². The molecule has 0 radical (unpaired) electrons. The molecule has 22 heavy (non-hydrogen) atoms. The van der Waals surface area contributed by atoms with Gasteiger partial charge in [0.05, 0.1) is 11.0 Å². The van der Waals surface area contributed by atoms with Crippen molar-refractivity contribution in [1.82, 2.24) is 9.55 Å². The molecule has 5 heteroatoms. The van der Waals surface area contributed by atoms with Crippen LogP contribution in [0.5, 0.6) is 5.75 Å². The number of aromatic hydroxyl groups is 1. The first-order chi connectivity index (χ1) is 10.6. The van der Waals surface area contributed by atoms with Gasteiger partial charge < -0.3 is 9.67 Å². The topological polar surface area (TPSA) is 50.4 Å². The first-order valence-corrected chi connectivity index (χ1v) is 7.43. The highest BCUT2D eigenvalue weighted by Crippen LogP contribution is 2.26. The number of hydrogen-bond donors (Lipinski definition) is 1. The lowest BCUT2D eigenvalue weighted by molar-refractivity contribution is 0.474. The minimum Gasteiger partial charge on any atom is -0.507 e. The lowest BCUT2D eigenvalue weighted by Crippen LogP contribution is -1.99. The van der Waals surface area contributed by atoms with Crippen molar-refractivity contribution in [2.45, 2.75) is 19.9 Å². The molecule has 0 saturated carbocycles. The van der Waals surface area contributed by atoms with E-state index >= 15 is 0 Å². The highest BCUT2D eigenvalue weighted by Gasteiger charge is 2.11. The summed E-state index contributed by atoms with van der Waals surface area (Å²) >= 11 is 5.95. The van der Waals surface area contributed by atoms with Gasteiger partial charge in [-0.3, -0.25) is 0 Å². The maximum absolute atomic E-state index is 9.85. The third kappa shape index (κ3) is 2.70. The Kier molecular flexibility index (Phi) is 3.86. The number of imidazole rings is 1. The highest BCUT2D eigenvalue weighted by molar-refractivity contribution is 6.30. The second-order valence-electron chi connectivity index (χ2n) is 5.33. The Balaban J connectivity index is 2.08. The maximum atomic E-state index is 9.85. The van der Waals surface area contributed by atoms with Crippen molar-refractivity contribution in [3.05, 3.63) is 53.1 Å². The van der Waals surface area contributed by atoms with E-state index in [9.17, 15) is 5.11 Å². The zero-order chi connectivity index (χ0) is 15.7. The SMILES string of the molecule is CC(C)n1c(N=Cc2cc(Cl)ccc2O)nc2ccccc21. The molecule has 3 rings (SSSR count). The summed E-state index contributed by atoms with van der Waals surface area (Å²) in [5, 5.41) is 10.4. The van der Waals surface area contributed by atoms with Gasteiger partial charge in [-0.25, -0.2) is 9.98 Å². The summed E-state index contributed by atoms with van der Waals surface area (Å²) in [5.74, 6) is 0.746. The highest BCUT2D eigenvalue weighted by atomic mass is 35.5. The first kappa shape index (κ1) is 14.6. The zero-order valence-electron chi connectivity index (χ0n) is 12.4. The Labute approximate surface area is 133 Å². The molecule has 0 aliphatic heterocycles. The number of nitrogens with zero attached hydrogens (tertiary/aromatic N) is 3. The second kappa shape index (κ2) is 5.81. The number of phenolic OH excluding ortho intramolecular Hbond substituents is 1. The average molecular weight is 314 g/mol. The molecule has 0 atom stereocenters. The predicted molar refractivity (Wildman–Crippen MR) is 90.5 cm³/mol. The second-order valence-corrected chi connectivity index (χ2v) is 5.76. The quantitative estimate of drug-likeness (QED) is 0.711. The number of rotatable bonds is 3. The number of aromatic nitrogens is 2. The van der Waals surface area contributed by atoms with Gasteiger partial charge in [-0.05, 0) is 44.2 Å². The number of aliphatic imine (C=N–C) groups is 1. The molecule has 0 unspecified atom stereocenters. The van der Waals surface area contributed by atoms with E-state index in [0.29, 0.717) is 16.5 Å². The van der Waals surface area contributed by atoms with E-state index in [-0.39, 0.29) is 11.8 Å². The van der Waals surface area contributed by atoms with E-state index in [4.69, 9.17) is 11.6 Å². The summed E-state index contributed by atoms with van der Waals surface area (Å²) < 4.78 is 2.06. The van der Waals surface area contributed by atoms with Crippen LogP contribution in [0, 0.1) is 0 Å². The van der Waals surface area contributed by atoms with Crippen molar-refractivity contribution in [2.75, 3.05) is 0 Å². The molecule has 0 amide bonds. The summed E-state index contributed by atoms with van der Waals surface area (Å²) in [4.78, 5) is 9.00. The van der Waals surface area contributed by atoms with Crippen LogP contribution in [0.2, 0.25) is 5.02 Å². The summed E-state index contributed by atoms with van der Waals surface area (Å²) in [6.07, 6.45) is 1.58. The molecular weight excluding hydrogens is 298 g/mol. The van der Waals surface area contributed by atoms with E-state index in [1.165, 1.54) is 0 Å². The molecule has 0 bridgehead atoms. The van der Waals surface area contributed by atoms with Gasteiger partial charge in [0.2, 0.25) is 5.95 Å². The van der Waals surface area contributed by atoms with E-state index < -0.39 is 0 Å². The molecule has 0 spiro atoms. The molecule has 0 aliphatic carbocycles. The molecule has 1 N–H and O–H groups in total. The number of hydrogen-bond acceptors (Lipinski definition) is 3. The molecule has 1 aromatic heterocycles. The largest absolute Gasteiger partial charge is 0.507 e. The third-order valence-electron chi connectivity index (χ3n) is 3.40. The van der Waals surface area contributed by atoms with Crippen LogP contribution in [0.15, 0.2) is 47.5 Å². The summed E-state index contributed by atoms with van der Waals surface area (Å²) in [6, 6.07) is 13.0. The number of phenols is 1. The molecule has 3 aromatic rings. The first-order valence-electron chi connectivity index (χ1n) is 7.06. The predicted octanol–water partition coefficient (Wildman–Crippen LogP) is 4.73. The van der Waals surface area contributed by atoms with Crippen LogP contribution in [-0.4, -0.2) is 20.9 Å². The fourth-order valence-electron chi connectivity index (χ4n) is 2.39. The van der Waals surface area contributed by atoms with Crippen molar-refractivity contribution in [3.63, 3.8) is 0 Å². The van der Waals surface area contributed by atoms with Gasteiger partial charge in [0.1, 0.15) is 5.75 Å². The van der Waals surface area contributed by atoms with E-state index in [1.54, 1.807) is 24.4 Å². The lowest BCUT2D eigenvalue weighted by Gasteiger charge is -2.10. The van der Waals surface area contributed by atoms with Gasteiger partial charge in [0, 0.05) is 22.8 Å². The van der Waals surface area contributed by atoms with Gasteiger partial charge in [-0.15, -0.1) is 0 Å². The van der Waals surface area contributed by atoms with Crippen molar-refractivity contribution in [2.24, 2.45) is 4.99 Å². The van der Waals surface area contributed by atoms with Crippen LogP contribution in [0.1, 0.15) is 25.5 Å². The Morgan fingerprint density at radius 2 is 2.00 bits per heavy atom. The number of benzene rings is 2. The molecule has 1 heterocycles. The van der Waals surface area contributed by atoms with Gasteiger partial charge >= 0.3 is 0 Å². The maximum Gasteiger partial charge on any atom is 0.230 e. The van der Waals surface area contributed by atoms with E-state index in [0.717, 1.165) is 11.0 Å². The van der Waals surface area contributed by atoms with Crippen molar-refractivity contribution < 1.29 is 5.11 Å². The van der Waals surface area contributed by atoms with Crippen LogP contribution in [0.25, 0.3) is 11.0 Å². The smallest absolute Gasteiger partial charge is 0.230 e. The average Bonchev–Trinajstić information content (AvgIpc) is 2.86. The van der Waals surface area contributed by atoms with Crippen molar-refractivity contribution in [3.8, 4) is 5.75 Å². The monoisotopic (exact) mass is 313 g/mol. The van der Waals surface area contributed by atoms with E-state index in [1.807, 2.05) is 24.3 Å². The molecule has 112 valence electrons. The Hall–Kier alpha value is -2.33. The van der Waals surface area contributed by atoms with Crippen molar-refractivity contribution in [1.29, 1.82) is 0 Å². The summed E-state index contributed by atoms with van der Waals surface area (Å²) in [6.45, 7) is 4.17. The number of halogens is 1. The fraction of sp³-hybridized carbons (Fsp3) is 0.176. The molecule has 4 nitrogen and oxygen atoms in total. The third-order valence-corrected chi connectivity index (χ3v) is 3.64. The minimum atomic E-state index is 0.139. The molecule has 2 aromatic carbocycles. The van der Waals surface area contributed by atoms with Crippen LogP contribution in [0.3, 0.4) is 0 Å². The number of para-hydroxylation sites is 2. The molecule has 0 saturated heterocycles. The molecular formula is C17H16ClN3O. The van der Waals surface area contributed by atoms with Crippen molar-refractivity contribution >= 4 is 34.8 Å². The zero-order valence-corrected chi connectivity index (χ0v) is 13.1. The van der Waals surface area contributed by atoms with Crippen LogP contribution in [0.4, 0.5) is 5.95 Å². The van der Waals surface area contributed by atoms with Crippen LogP contribution < -0.4 is 0 Å². The summed E-state index contributed by atoms with van der Waals surface area (Å²) in [5.41, 5.74) is 2.51. The van der Waals surface area contributed by atoms with Gasteiger partial charge in [-0.2, -0.15) is 0 Å². The van der Waals surface area contributed by atoms with Crippen LogP contribution in [-0.2, 0) is 0 Å². The lowest BCUT2D eigenvalue weighted by atomic mass is 10.2. The van der Waals surface area contributed by atoms with E-state index in [2.05, 4.69) is 28.4 Å². The Bertz CT molecular complexity index is 852. The number of fused-ring (bicyclic) bond motifs is 1. The molecule has 0 fully saturated rings. The minimum absolute atomic E-state index is 0.139. The Morgan fingerprint density at radius 1 is 1.23 bits per heavy atom. The van der Waals surface area contributed by atoms with Gasteiger partial charge in [0.25, 0.3) is 0 Å². The van der Waals surface area contributed by atoms with Crippen LogP contribution >= 0.6 is 11.6 Å². The normalized spacial score (nSPS) is 11.8. The Morgan fingerprint density at radius 3 is 2.77 bits per heavy atom. The standard InChI is InChI=1S/C17H16ClN3O/c1-11(2)21-15-6-4-3-5-14(15)20-17(21)19-10-12-9-13(18)7-8-16(12)22/h3-11,22H,1-2H3. The fourth-order valence-corrected chi connectivity index (χ4v) is 2.57.